The van der Waals surface area contributed by atoms with Gasteiger partial charge in [0.2, 0.25) is 0 Å². The van der Waals surface area contributed by atoms with Crippen molar-refractivity contribution < 1.29 is 84.3 Å². The summed E-state index contributed by atoms with van der Waals surface area (Å²) in [6.07, 6.45) is -11.9. The van der Waals surface area contributed by atoms with Crippen molar-refractivity contribution in [3.8, 4) is 0 Å². The van der Waals surface area contributed by atoms with E-state index in [4.69, 9.17) is 28.4 Å². The molecule has 10 N–H and O–H groups in total. The number of fused-ring (bicyclic) bond motifs is 7. The molecule has 0 aromatic rings. The lowest BCUT2D eigenvalue weighted by Gasteiger charge is -2.71. The Balaban J connectivity index is 1.01. The van der Waals surface area contributed by atoms with Crippen LogP contribution in [0.3, 0.4) is 0 Å². The van der Waals surface area contributed by atoms with Gasteiger partial charge in [-0.15, -0.1) is 0 Å². The predicted molar refractivity (Wildman–Crippen MR) is 225 cm³/mol. The van der Waals surface area contributed by atoms with Crippen molar-refractivity contribution in [2.75, 3.05) is 19.8 Å². The van der Waals surface area contributed by atoms with E-state index in [9.17, 15) is 55.9 Å². The fraction of sp³-hybridized carbons (Fsp3) is 0.936. The Morgan fingerprint density at radius 2 is 1.39 bits per heavy atom. The highest BCUT2D eigenvalue weighted by Gasteiger charge is 2.70. The normalized spacial score (nSPS) is 55.0. The molecule has 23 atom stereocenters. The summed E-state index contributed by atoms with van der Waals surface area (Å²) in [5.74, 6) is -0.391. The van der Waals surface area contributed by atoms with Gasteiger partial charge < -0.3 is 79.5 Å². The molecule has 3 saturated heterocycles. The Morgan fingerprint density at radius 3 is 2.06 bits per heavy atom. The molecule has 0 aromatic heterocycles. The molecule has 0 unspecified atom stereocenters. The molecule has 4 saturated carbocycles. The standard InChI is InChI=1S/C47H76O17/c1-22-30(51)36(63-38-34(55)33(54)32(53)26(19-48)61-38)35(56)39(60-22)64-37-31(52)25(50)20-59-40(37)62-29-11-12-43(4)27(44(29,5)21-49)10-13-46(7)28(43)9-8-23-24-18-42(2,3)14-16-47(24,41(57)58)17-15-45(23,46)6/h8,22,24-40,48-56H,9-21H2,1-7H3,(H,57,58)/t22-,24-,25-,26+,27+,28+,29+,30+,31-,32+,33-,34+,35+,36+,37-,38-,39+,40-,43-,44-,45+,46+,47-/m0/s1. The SMILES string of the molecule is C[C@@H]1O[C@H](O[C@@H]2[C@H](O[C@@H]3CC[C@@]4(C)[C@@H](CC[C@]5(C)[C@@H]4CC=C4[C@@H]6CC(C)(C)CC[C@]6(C(=O)O)CC[C@]45C)[C@]3(C)CO)OC[C@H](O)[C@@H]2O)[C@H](O)[C@H](O[C@@H]2O[C@H](CO)[C@@H](O)[C@H](O)[C@H]2O)[C@@H]1O. The Kier molecular flexibility index (Phi) is 13.2. The van der Waals surface area contributed by atoms with Crippen molar-refractivity contribution in [1.29, 1.82) is 0 Å². The van der Waals surface area contributed by atoms with Gasteiger partial charge in [-0.1, -0.05) is 53.2 Å². The lowest BCUT2D eigenvalue weighted by atomic mass is 9.33. The van der Waals surface area contributed by atoms with Crippen LogP contribution < -0.4 is 0 Å². The Bertz CT molecular complexity index is 1750. The third-order valence-electron chi connectivity index (χ3n) is 19.1. The smallest absolute Gasteiger partial charge is 0.310 e. The van der Waals surface area contributed by atoms with E-state index in [-0.39, 0.29) is 52.6 Å². The van der Waals surface area contributed by atoms with Gasteiger partial charge in [-0.3, -0.25) is 4.79 Å². The lowest BCUT2D eigenvalue weighted by molar-refractivity contribution is -0.383. The zero-order valence-corrected chi connectivity index (χ0v) is 38.5. The van der Waals surface area contributed by atoms with Crippen LogP contribution >= 0.6 is 0 Å². The van der Waals surface area contributed by atoms with Gasteiger partial charge in [0.1, 0.15) is 61.0 Å². The monoisotopic (exact) mass is 913 g/mol. The highest BCUT2D eigenvalue weighted by Crippen LogP contribution is 2.76. The van der Waals surface area contributed by atoms with E-state index >= 15 is 0 Å². The molecule has 17 nitrogen and oxygen atoms in total. The molecule has 0 bridgehead atoms. The van der Waals surface area contributed by atoms with Crippen molar-refractivity contribution >= 4 is 5.97 Å². The second kappa shape index (κ2) is 17.2. The van der Waals surface area contributed by atoms with Crippen LogP contribution in [0.15, 0.2) is 11.6 Å². The quantitative estimate of drug-likeness (QED) is 0.116. The van der Waals surface area contributed by atoms with Gasteiger partial charge in [0.15, 0.2) is 18.9 Å². The maximum atomic E-state index is 13.1. The molecule has 8 rings (SSSR count). The van der Waals surface area contributed by atoms with Crippen molar-refractivity contribution in [3.63, 3.8) is 0 Å². The number of rotatable bonds is 9. The molecule has 64 heavy (non-hydrogen) atoms. The third-order valence-corrected chi connectivity index (χ3v) is 19.1. The molecule has 17 heteroatoms. The number of carbonyl (C=O) groups is 1. The van der Waals surface area contributed by atoms with Crippen LogP contribution in [0.25, 0.3) is 0 Å². The first-order valence-corrected chi connectivity index (χ1v) is 23.7. The zero-order chi connectivity index (χ0) is 46.7. The first kappa shape index (κ1) is 49.0. The van der Waals surface area contributed by atoms with E-state index < -0.39 is 116 Å². The maximum absolute atomic E-state index is 13.1. The van der Waals surface area contributed by atoms with Gasteiger partial charge in [0.05, 0.1) is 37.4 Å². The van der Waals surface area contributed by atoms with Crippen LogP contribution in [0, 0.1) is 50.2 Å². The summed E-state index contributed by atoms with van der Waals surface area (Å²) in [6, 6.07) is 0. The van der Waals surface area contributed by atoms with Gasteiger partial charge >= 0.3 is 5.97 Å². The Labute approximate surface area is 376 Å². The average Bonchev–Trinajstić information content (AvgIpc) is 3.24. The van der Waals surface area contributed by atoms with E-state index in [0.29, 0.717) is 19.3 Å². The number of hydrogen-bond acceptors (Lipinski definition) is 16. The highest BCUT2D eigenvalue weighted by atomic mass is 16.8. The Hall–Kier alpha value is -1.39. The minimum Gasteiger partial charge on any atom is -0.481 e. The van der Waals surface area contributed by atoms with Gasteiger partial charge in [-0.05, 0) is 111 Å². The van der Waals surface area contributed by atoms with E-state index in [1.165, 1.54) is 12.5 Å². The highest BCUT2D eigenvalue weighted by molar-refractivity contribution is 5.76. The van der Waals surface area contributed by atoms with E-state index in [2.05, 4.69) is 40.7 Å². The number of aliphatic hydroxyl groups excluding tert-OH is 9. The minimum absolute atomic E-state index is 0.00330. The van der Waals surface area contributed by atoms with Crippen molar-refractivity contribution in [2.45, 2.75) is 205 Å². The fourth-order valence-corrected chi connectivity index (χ4v) is 14.8. The fourth-order valence-electron chi connectivity index (χ4n) is 14.8. The molecule has 7 fully saturated rings. The molecule has 0 spiro atoms. The molecule has 3 heterocycles. The minimum atomic E-state index is -1.82. The number of carboxylic acid groups (broad SMARTS) is 1. The molecular weight excluding hydrogens is 837 g/mol. The first-order valence-electron chi connectivity index (χ1n) is 23.7. The third kappa shape index (κ3) is 7.49. The summed E-state index contributed by atoms with van der Waals surface area (Å²) in [5.41, 5.74) is -0.609. The second-order valence-electron chi connectivity index (χ2n) is 22.9. The molecule has 0 radical (unpaired) electrons. The number of ether oxygens (including phenoxy) is 6. The van der Waals surface area contributed by atoms with Gasteiger partial charge in [-0.2, -0.15) is 0 Å². The number of allylic oxidation sites excluding steroid dienone is 2. The molecule has 5 aliphatic carbocycles. The van der Waals surface area contributed by atoms with E-state index in [0.717, 1.165) is 44.9 Å². The van der Waals surface area contributed by atoms with Crippen molar-refractivity contribution in [2.24, 2.45) is 50.2 Å². The average molecular weight is 913 g/mol. The summed E-state index contributed by atoms with van der Waals surface area (Å²) in [6.45, 7) is 14.1. The first-order chi connectivity index (χ1) is 29.9. The lowest BCUT2D eigenvalue weighted by Crippen LogP contribution is -2.67. The van der Waals surface area contributed by atoms with E-state index in [1.807, 2.05) is 6.92 Å². The van der Waals surface area contributed by atoms with Gasteiger partial charge in [0.25, 0.3) is 0 Å². The van der Waals surface area contributed by atoms with Crippen LogP contribution in [0.4, 0.5) is 0 Å². The molecule has 8 aliphatic rings. The second-order valence-corrected chi connectivity index (χ2v) is 22.9. The summed E-state index contributed by atoms with van der Waals surface area (Å²) in [4.78, 5) is 13.1. The Morgan fingerprint density at radius 1 is 0.719 bits per heavy atom. The summed E-state index contributed by atoms with van der Waals surface area (Å²) in [7, 11) is 0. The van der Waals surface area contributed by atoms with Crippen LogP contribution in [-0.4, -0.2) is 169 Å². The van der Waals surface area contributed by atoms with Crippen LogP contribution in [0.5, 0.6) is 0 Å². The summed E-state index contributed by atoms with van der Waals surface area (Å²) < 4.78 is 36.1. The number of aliphatic carboxylic acids is 1. The zero-order valence-electron chi connectivity index (χ0n) is 38.5. The molecule has 0 aromatic carbocycles. The van der Waals surface area contributed by atoms with Crippen LogP contribution in [0.2, 0.25) is 0 Å². The van der Waals surface area contributed by atoms with Crippen LogP contribution in [0.1, 0.15) is 113 Å². The van der Waals surface area contributed by atoms with E-state index in [1.54, 1.807) is 0 Å². The van der Waals surface area contributed by atoms with Crippen molar-refractivity contribution in [3.05, 3.63) is 11.6 Å². The number of carboxylic acids is 1. The molecular formula is C47H76O17. The summed E-state index contributed by atoms with van der Waals surface area (Å²) in [5, 5.41) is 108. The predicted octanol–water partition coefficient (Wildman–Crippen LogP) is 1.35. The molecule has 3 aliphatic heterocycles. The van der Waals surface area contributed by atoms with Gasteiger partial charge in [-0.25, -0.2) is 0 Å². The topological polar surface area (TPSA) is 275 Å². The number of aliphatic hydroxyl groups is 9. The van der Waals surface area contributed by atoms with Crippen LogP contribution in [-0.2, 0) is 33.2 Å². The summed E-state index contributed by atoms with van der Waals surface area (Å²) >= 11 is 0. The van der Waals surface area contributed by atoms with Gasteiger partial charge in [0, 0.05) is 5.41 Å². The van der Waals surface area contributed by atoms with Crippen molar-refractivity contribution in [1.82, 2.24) is 0 Å². The largest absolute Gasteiger partial charge is 0.481 e. The molecule has 0 amide bonds. The number of hydrogen-bond donors (Lipinski definition) is 10. The molecule has 366 valence electrons. The maximum Gasteiger partial charge on any atom is 0.310 e.